The number of thioether (sulfide) groups is 1. The Morgan fingerprint density at radius 2 is 2.00 bits per heavy atom. The number of benzene rings is 1. The van der Waals surface area contributed by atoms with E-state index >= 15 is 0 Å². The van der Waals surface area contributed by atoms with Crippen molar-refractivity contribution >= 4 is 17.7 Å². The van der Waals surface area contributed by atoms with Gasteiger partial charge in [0.15, 0.2) is 17.5 Å². The third-order valence-electron chi connectivity index (χ3n) is 5.57. The molecule has 0 aliphatic heterocycles. The van der Waals surface area contributed by atoms with Crippen LogP contribution in [0.4, 0.5) is 0 Å². The van der Waals surface area contributed by atoms with Crippen LogP contribution < -0.4 is 20.1 Å². The Balaban J connectivity index is 1.53. The van der Waals surface area contributed by atoms with Crippen molar-refractivity contribution in [1.82, 2.24) is 10.6 Å². The molecule has 0 amide bonds. The van der Waals surface area contributed by atoms with E-state index in [1.165, 1.54) is 32.1 Å². The Labute approximate surface area is 167 Å². The highest BCUT2D eigenvalue weighted by molar-refractivity contribution is 7.99. The van der Waals surface area contributed by atoms with Gasteiger partial charge in [0.05, 0.1) is 13.2 Å². The van der Waals surface area contributed by atoms with Gasteiger partial charge >= 0.3 is 0 Å². The molecule has 0 radical (unpaired) electrons. The van der Waals surface area contributed by atoms with Crippen LogP contribution >= 0.6 is 11.8 Å². The van der Waals surface area contributed by atoms with E-state index in [1.807, 2.05) is 24.9 Å². The fourth-order valence-corrected chi connectivity index (χ4v) is 4.76. The van der Waals surface area contributed by atoms with E-state index in [-0.39, 0.29) is 0 Å². The van der Waals surface area contributed by atoms with Crippen LogP contribution in [0.15, 0.2) is 23.2 Å². The number of hydrogen-bond acceptors (Lipinski definition) is 4. The molecule has 5 nitrogen and oxygen atoms in total. The molecule has 1 aromatic carbocycles. The van der Waals surface area contributed by atoms with Crippen molar-refractivity contribution in [3.8, 4) is 11.5 Å². The SMILES string of the molecule is CN=C(NCc1ccc(OC2CCCC2)c(OC)c1)NC1CCC(SC)C1. The number of nitrogens with zero attached hydrogens (tertiary/aromatic N) is 1. The summed E-state index contributed by atoms with van der Waals surface area (Å²) in [6.45, 7) is 0.707. The van der Waals surface area contributed by atoms with Gasteiger partial charge in [-0.25, -0.2) is 0 Å². The second-order valence-electron chi connectivity index (χ2n) is 7.45. The highest BCUT2D eigenvalue weighted by Crippen LogP contribution is 2.32. The Morgan fingerprint density at radius 1 is 1.19 bits per heavy atom. The molecule has 150 valence electrons. The standard InChI is InChI=1S/C21H33N3O2S/c1-22-21(24-16-9-10-18(13-16)27-3)23-14-15-8-11-19(20(12-15)25-2)26-17-6-4-5-7-17/h8,11-12,16-18H,4-7,9-10,13-14H2,1-3H3,(H2,22,23,24). The predicted molar refractivity (Wildman–Crippen MR) is 114 cm³/mol. The molecule has 0 heterocycles. The molecule has 2 fully saturated rings. The minimum atomic E-state index is 0.336. The van der Waals surface area contributed by atoms with Crippen LogP contribution in [0.2, 0.25) is 0 Å². The zero-order valence-electron chi connectivity index (χ0n) is 16.8. The Bertz CT molecular complexity index is 632. The first kappa shape index (κ1) is 20.2. The number of guanidine groups is 1. The maximum atomic E-state index is 6.12. The molecule has 2 N–H and O–H groups in total. The Hall–Kier alpha value is -1.56. The first-order chi connectivity index (χ1) is 13.2. The fraction of sp³-hybridized carbons (Fsp3) is 0.667. The molecule has 0 bridgehead atoms. The normalized spacial score (nSPS) is 23.4. The number of rotatable bonds is 7. The summed E-state index contributed by atoms with van der Waals surface area (Å²) in [4.78, 5) is 4.38. The largest absolute Gasteiger partial charge is 0.493 e. The zero-order valence-corrected chi connectivity index (χ0v) is 17.6. The second kappa shape index (κ2) is 10.1. The minimum absolute atomic E-state index is 0.336. The van der Waals surface area contributed by atoms with Gasteiger partial charge in [0.2, 0.25) is 0 Å². The lowest BCUT2D eigenvalue weighted by Crippen LogP contribution is -2.42. The van der Waals surface area contributed by atoms with Crippen molar-refractivity contribution in [1.29, 1.82) is 0 Å². The summed E-state index contributed by atoms with van der Waals surface area (Å²) < 4.78 is 11.7. The average molecular weight is 392 g/mol. The molecular weight excluding hydrogens is 358 g/mol. The second-order valence-corrected chi connectivity index (χ2v) is 8.59. The van der Waals surface area contributed by atoms with Gasteiger partial charge in [0.1, 0.15) is 0 Å². The number of nitrogens with one attached hydrogen (secondary N) is 2. The van der Waals surface area contributed by atoms with Crippen molar-refractivity contribution in [3.05, 3.63) is 23.8 Å². The van der Waals surface area contributed by atoms with Gasteiger partial charge in [0, 0.05) is 24.9 Å². The van der Waals surface area contributed by atoms with Gasteiger partial charge in [-0.2, -0.15) is 11.8 Å². The van der Waals surface area contributed by atoms with E-state index in [2.05, 4.69) is 34.0 Å². The fourth-order valence-electron chi connectivity index (χ4n) is 3.96. The third kappa shape index (κ3) is 5.71. The van der Waals surface area contributed by atoms with Crippen LogP contribution in [-0.4, -0.2) is 43.8 Å². The van der Waals surface area contributed by atoms with Crippen LogP contribution in [0, 0.1) is 0 Å². The highest BCUT2D eigenvalue weighted by atomic mass is 32.2. The van der Waals surface area contributed by atoms with Crippen LogP contribution in [0.5, 0.6) is 11.5 Å². The molecule has 0 saturated heterocycles. The molecule has 0 aromatic heterocycles. The van der Waals surface area contributed by atoms with Gasteiger partial charge in [-0.3, -0.25) is 4.99 Å². The monoisotopic (exact) mass is 391 g/mol. The van der Waals surface area contributed by atoms with Crippen LogP contribution in [-0.2, 0) is 6.54 Å². The summed E-state index contributed by atoms with van der Waals surface area (Å²) >= 11 is 1.97. The number of methoxy groups -OCH3 is 1. The van der Waals surface area contributed by atoms with Crippen LogP contribution in [0.25, 0.3) is 0 Å². The summed E-state index contributed by atoms with van der Waals surface area (Å²) in [6, 6.07) is 6.71. The van der Waals surface area contributed by atoms with E-state index in [9.17, 15) is 0 Å². The lowest BCUT2D eigenvalue weighted by molar-refractivity contribution is 0.200. The maximum Gasteiger partial charge on any atom is 0.191 e. The maximum absolute atomic E-state index is 6.12. The minimum Gasteiger partial charge on any atom is -0.493 e. The highest BCUT2D eigenvalue weighted by Gasteiger charge is 2.24. The lowest BCUT2D eigenvalue weighted by Gasteiger charge is -2.19. The van der Waals surface area contributed by atoms with Gasteiger partial charge in [0.25, 0.3) is 0 Å². The molecule has 27 heavy (non-hydrogen) atoms. The molecule has 6 heteroatoms. The Kier molecular flexibility index (Phi) is 7.56. The molecule has 3 rings (SSSR count). The van der Waals surface area contributed by atoms with Crippen molar-refractivity contribution in [3.63, 3.8) is 0 Å². The van der Waals surface area contributed by atoms with Gasteiger partial charge in [-0.05, 0) is 68.9 Å². The molecular formula is C21H33N3O2S. The third-order valence-corrected chi connectivity index (χ3v) is 6.66. The average Bonchev–Trinajstić information content (AvgIpc) is 3.37. The molecule has 2 atom stereocenters. The van der Waals surface area contributed by atoms with E-state index < -0.39 is 0 Å². The van der Waals surface area contributed by atoms with Crippen molar-refractivity contribution in [2.24, 2.45) is 4.99 Å². The number of hydrogen-bond donors (Lipinski definition) is 2. The summed E-state index contributed by atoms with van der Waals surface area (Å²) in [5, 5.41) is 7.76. The summed E-state index contributed by atoms with van der Waals surface area (Å²) in [7, 11) is 3.53. The van der Waals surface area contributed by atoms with Crippen LogP contribution in [0.1, 0.15) is 50.5 Å². The Morgan fingerprint density at radius 3 is 2.67 bits per heavy atom. The van der Waals surface area contributed by atoms with Gasteiger partial charge in [-0.1, -0.05) is 6.07 Å². The molecule has 2 aliphatic carbocycles. The summed E-state index contributed by atoms with van der Waals surface area (Å²) in [6.07, 6.45) is 11.1. The van der Waals surface area contributed by atoms with Gasteiger partial charge < -0.3 is 20.1 Å². The number of ether oxygens (including phenoxy) is 2. The molecule has 2 unspecified atom stereocenters. The molecule has 0 spiro atoms. The summed E-state index contributed by atoms with van der Waals surface area (Å²) in [5.41, 5.74) is 1.15. The first-order valence-electron chi connectivity index (χ1n) is 10.1. The zero-order chi connectivity index (χ0) is 19.1. The van der Waals surface area contributed by atoms with Gasteiger partial charge in [-0.15, -0.1) is 0 Å². The predicted octanol–water partition coefficient (Wildman–Crippen LogP) is 3.97. The molecule has 1 aromatic rings. The smallest absolute Gasteiger partial charge is 0.191 e. The van der Waals surface area contributed by atoms with Crippen molar-refractivity contribution in [2.75, 3.05) is 20.4 Å². The van der Waals surface area contributed by atoms with E-state index in [0.29, 0.717) is 18.7 Å². The van der Waals surface area contributed by atoms with Crippen molar-refractivity contribution in [2.45, 2.75) is 68.9 Å². The number of aliphatic imine (C=N–C) groups is 1. The lowest BCUT2D eigenvalue weighted by atomic mass is 10.2. The molecule has 2 aliphatic rings. The quantitative estimate of drug-likeness (QED) is 0.544. The topological polar surface area (TPSA) is 54.9 Å². The van der Waals surface area contributed by atoms with Crippen LogP contribution in [0.3, 0.4) is 0 Å². The van der Waals surface area contributed by atoms with E-state index in [1.54, 1.807) is 7.11 Å². The van der Waals surface area contributed by atoms with E-state index in [0.717, 1.165) is 41.1 Å². The summed E-state index contributed by atoms with van der Waals surface area (Å²) in [5.74, 6) is 2.53. The molecule has 2 saturated carbocycles. The first-order valence-corrected chi connectivity index (χ1v) is 11.3. The van der Waals surface area contributed by atoms with Crippen molar-refractivity contribution < 1.29 is 9.47 Å². The van der Waals surface area contributed by atoms with E-state index in [4.69, 9.17) is 9.47 Å².